The van der Waals surface area contributed by atoms with Crippen molar-refractivity contribution in [3.8, 4) is 0 Å². The highest BCUT2D eigenvalue weighted by Gasteiger charge is 2.26. The molecule has 3 heterocycles. The van der Waals surface area contributed by atoms with Crippen molar-refractivity contribution in [1.29, 1.82) is 0 Å². The lowest BCUT2D eigenvalue weighted by atomic mass is 10.3. The zero-order valence-electron chi connectivity index (χ0n) is 14.4. The van der Waals surface area contributed by atoms with Crippen molar-refractivity contribution in [2.75, 3.05) is 33.4 Å². The molecule has 1 atom stereocenters. The van der Waals surface area contributed by atoms with Gasteiger partial charge in [-0.3, -0.25) is 19.2 Å². The van der Waals surface area contributed by atoms with Gasteiger partial charge in [-0.2, -0.15) is 0 Å². The van der Waals surface area contributed by atoms with E-state index in [-0.39, 0.29) is 11.2 Å². The molecule has 0 saturated carbocycles. The van der Waals surface area contributed by atoms with Crippen LogP contribution in [0.3, 0.4) is 0 Å². The van der Waals surface area contributed by atoms with Gasteiger partial charge >= 0.3 is 11.7 Å². The molecule has 1 saturated heterocycles. The first-order chi connectivity index (χ1) is 11.9. The number of aromatic nitrogens is 4. The van der Waals surface area contributed by atoms with Crippen molar-refractivity contribution in [2.24, 2.45) is 7.05 Å². The summed E-state index contributed by atoms with van der Waals surface area (Å²) in [5.74, 6) is 0.0391. The maximum absolute atomic E-state index is 12.4. The highest BCUT2D eigenvalue weighted by molar-refractivity contribution is 5.78. The van der Waals surface area contributed by atoms with Gasteiger partial charge in [0.05, 0.1) is 26.9 Å². The quantitative estimate of drug-likeness (QED) is 0.703. The number of rotatable bonds is 4. The maximum Gasteiger partial charge on any atom is 0.329 e. The number of aryl methyl sites for hydroxylation is 1. The van der Waals surface area contributed by atoms with Crippen LogP contribution in [-0.4, -0.2) is 63.4 Å². The van der Waals surface area contributed by atoms with E-state index in [0.29, 0.717) is 25.6 Å². The van der Waals surface area contributed by atoms with E-state index < -0.39 is 23.3 Å². The molecule has 1 fully saturated rings. The molecular formula is C15H21N5O5. The zero-order chi connectivity index (χ0) is 18.1. The van der Waals surface area contributed by atoms with Crippen LogP contribution in [0.15, 0.2) is 9.59 Å². The van der Waals surface area contributed by atoms with Gasteiger partial charge in [0.1, 0.15) is 11.9 Å². The predicted octanol–water partition coefficient (Wildman–Crippen LogP) is -1.01. The van der Waals surface area contributed by atoms with Crippen LogP contribution < -0.4 is 11.2 Å². The number of fused-ring (bicyclic) bond motifs is 1. The van der Waals surface area contributed by atoms with Crippen molar-refractivity contribution in [3.63, 3.8) is 0 Å². The van der Waals surface area contributed by atoms with Gasteiger partial charge in [0.15, 0.2) is 11.2 Å². The molecule has 1 aliphatic rings. The number of nitrogens with zero attached hydrogens (tertiary/aromatic N) is 4. The van der Waals surface area contributed by atoms with Crippen LogP contribution in [0.5, 0.6) is 0 Å². The largest absolute Gasteiger partial charge is 0.467 e. The summed E-state index contributed by atoms with van der Waals surface area (Å²) in [6, 6.07) is -0.746. The number of methoxy groups -OCH3 is 1. The Kier molecular flexibility index (Phi) is 4.73. The first-order valence-corrected chi connectivity index (χ1v) is 8.02. The third-order valence-electron chi connectivity index (χ3n) is 4.42. The minimum atomic E-state index is -0.746. The molecule has 1 N–H and O–H groups in total. The lowest BCUT2D eigenvalue weighted by molar-refractivity contribution is -0.144. The van der Waals surface area contributed by atoms with Gasteiger partial charge in [-0.25, -0.2) is 14.6 Å². The Bertz CT molecular complexity index is 905. The molecule has 2 aromatic heterocycles. The molecule has 0 aromatic carbocycles. The van der Waals surface area contributed by atoms with E-state index >= 15 is 0 Å². The minimum absolute atomic E-state index is 0.184. The van der Waals surface area contributed by atoms with Gasteiger partial charge < -0.3 is 14.0 Å². The molecule has 10 heteroatoms. The molecule has 3 rings (SSSR count). The minimum Gasteiger partial charge on any atom is -0.467 e. The number of morpholine rings is 1. The fourth-order valence-electron chi connectivity index (χ4n) is 3.01. The number of hydrogen-bond acceptors (Lipinski definition) is 7. The van der Waals surface area contributed by atoms with Gasteiger partial charge in [0.2, 0.25) is 0 Å². The summed E-state index contributed by atoms with van der Waals surface area (Å²) in [7, 11) is 2.82. The fourth-order valence-corrected chi connectivity index (χ4v) is 3.01. The number of carbonyl (C=O) groups excluding carboxylic acids is 1. The first kappa shape index (κ1) is 17.4. The lowest BCUT2D eigenvalue weighted by Gasteiger charge is -2.26. The van der Waals surface area contributed by atoms with E-state index in [2.05, 4.69) is 14.9 Å². The number of carbonyl (C=O) groups is 1. The lowest BCUT2D eigenvalue weighted by Crippen LogP contribution is -2.37. The maximum atomic E-state index is 12.4. The molecule has 2 aromatic rings. The summed E-state index contributed by atoms with van der Waals surface area (Å²) < 4.78 is 13.0. The number of H-pyrrole nitrogens is 1. The van der Waals surface area contributed by atoms with Crippen LogP contribution in [0.25, 0.3) is 11.2 Å². The molecule has 0 unspecified atom stereocenters. The number of nitrogens with one attached hydrogen (secondary N) is 1. The average Bonchev–Trinajstić information content (AvgIpc) is 2.99. The average molecular weight is 351 g/mol. The normalized spacial score (nSPS) is 16.9. The zero-order valence-corrected chi connectivity index (χ0v) is 14.4. The summed E-state index contributed by atoms with van der Waals surface area (Å²) in [5, 5.41) is 0. The molecular weight excluding hydrogens is 330 g/mol. The second-order valence-corrected chi connectivity index (χ2v) is 5.98. The summed E-state index contributed by atoms with van der Waals surface area (Å²) in [4.78, 5) is 45.2. The van der Waals surface area contributed by atoms with Crippen LogP contribution in [0.2, 0.25) is 0 Å². The van der Waals surface area contributed by atoms with Crippen molar-refractivity contribution in [1.82, 2.24) is 24.0 Å². The summed E-state index contributed by atoms with van der Waals surface area (Å²) >= 11 is 0. The van der Waals surface area contributed by atoms with E-state index in [1.54, 1.807) is 11.5 Å². The third-order valence-corrected chi connectivity index (χ3v) is 4.42. The van der Waals surface area contributed by atoms with E-state index in [0.717, 1.165) is 13.1 Å². The monoisotopic (exact) mass is 351 g/mol. The van der Waals surface area contributed by atoms with Crippen LogP contribution in [-0.2, 0) is 27.9 Å². The van der Waals surface area contributed by atoms with Crippen LogP contribution in [0, 0.1) is 0 Å². The molecule has 0 aliphatic carbocycles. The van der Waals surface area contributed by atoms with E-state index in [9.17, 15) is 14.4 Å². The number of ether oxygens (including phenoxy) is 2. The second kappa shape index (κ2) is 6.81. The summed E-state index contributed by atoms with van der Waals surface area (Å²) in [6.07, 6.45) is 0. The standard InChI is InChI=1S/C15H21N5O5/c1-9(14(22)24-3)20-10(8-19-4-6-25-7-5-19)16-12-11(20)13(21)17-15(23)18(12)2/h9H,4-8H2,1-3H3,(H,17,21,23)/t9-/m1/s1. The smallest absolute Gasteiger partial charge is 0.329 e. The number of esters is 1. The third kappa shape index (κ3) is 3.10. The molecule has 0 amide bonds. The summed E-state index contributed by atoms with van der Waals surface area (Å²) in [5.41, 5.74) is -0.698. The number of hydrogen-bond donors (Lipinski definition) is 1. The predicted molar refractivity (Wildman–Crippen MR) is 88.4 cm³/mol. The number of imidazole rings is 1. The molecule has 0 bridgehead atoms. The first-order valence-electron chi connectivity index (χ1n) is 8.02. The van der Waals surface area contributed by atoms with E-state index in [1.165, 1.54) is 18.7 Å². The Morgan fingerprint density at radius 2 is 2.04 bits per heavy atom. The molecule has 0 radical (unpaired) electrons. The Labute approximate surface area is 143 Å². The Morgan fingerprint density at radius 1 is 1.36 bits per heavy atom. The van der Waals surface area contributed by atoms with Crippen LogP contribution in [0.4, 0.5) is 0 Å². The molecule has 1 aliphatic heterocycles. The molecule has 136 valence electrons. The Hall–Kier alpha value is -2.46. The van der Waals surface area contributed by atoms with Gasteiger partial charge in [-0.1, -0.05) is 0 Å². The molecule has 0 spiro atoms. The summed E-state index contributed by atoms with van der Waals surface area (Å²) in [6.45, 7) is 4.77. The van der Waals surface area contributed by atoms with E-state index in [1.807, 2.05) is 0 Å². The second-order valence-electron chi connectivity index (χ2n) is 5.98. The van der Waals surface area contributed by atoms with E-state index in [4.69, 9.17) is 9.47 Å². The van der Waals surface area contributed by atoms with Gasteiger partial charge in [-0.15, -0.1) is 0 Å². The fraction of sp³-hybridized carbons (Fsp3) is 0.600. The molecule has 25 heavy (non-hydrogen) atoms. The van der Waals surface area contributed by atoms with Crippen molar-refractivity contribution >= 4 is 17.1 Å². The van der Waals surface area contributed by atoms with Crippen LogP contribution in [0.1, 0.15) is 18.8 Å². The van der Waals surface area contributed by atoms with Gasteiger partial charge in [0, 0.05) is 20.1 Å². The topological polar surface area (TPSA) is 111 Å². The van der Waals surface area contributed by atoms with Crippen molar-refractivity contribution in [3.05, 3.63) is 26.7 Å². The van der Waals surface area contributed by atoms with Crippen molar-refractivity contribution < 1.29 is 14.3 Å². The van der Waals surface area contributed by atoms with Gasteiger partial charge in [-0.05, 0) is 6.92 Å². The van der Waals surface area contributed by atoms with Crippen LogP contribution >= 0.6 is 0 Å². The van der Waals surface area contributed by atoms with Gasteiger partial charge in [0.25, 0.3) is 5.56 Å². The number of aromatic amines is 1. The highest BCUT2D eigenvalue weighted by Crippen LogP contribution is 2.20. The Balaban J connectivity index is 2.18. The molecule has 10 nitrogen and oxygen atoms in total. The Morgan fingerprint density at radius 3 is 2.68 bits per heavy atom. The van der Waals surface area contributed by atoms with Crippen molar-refractivity contribution in [2.45, 2.75) is 19.5 Å². The highest BCUT2D eigenvalue weighted by atomic mass is 16.5. The SMILES string of the molecule is COC(=O)[C@@H](C)n1c(CN2CCOCC2)nc2c1c(=O)[nH]c(=O)n2C.